The number of hydrogen-bond donors (Lipinski definition) is 0. The van der Waals surface area contributed by atoms with E-state index in [1.54, 1.807) is 0 Å². The van der Waals surface area contributed by atoms with E-state index in [0.29, 0.717) is 17.0 Å². The quantitative estimate of drug-likeness (QED) is 0.496. The van der Waals surface area contributed by atoms with Gasteiger partial charge in [0, 0.05) is 7.05 Å². The molecule has 0 atom stereocenters. The molecule has 0 bridgehead atoms. The fraction of sp³-hybridized carbons (Fsp3) is 0.357. The highest BCUT2D eigenvalue weighted by Gasteiger charge is 2.22. The topological polar surface area (TPSA) is 63.7 Å². The van der Waals surface area contributed by atoms with Gasteiger partial charge in [-0.15, -0.1) is 11.3 Å². The van der Waals surface area contributed by atoms with Gasteiger partial charge in [-0.2, -0.15) is 5.26 Å². The third kappa shape index (κ3) is 2.59. The first-order valence-corrected chi connectivity index (χ1v) is 7.18. The van der Waals surface area contributed by atoms with Crippen molar-refractivity contribution in [1.82, 2.24) is 14.5 Å². The third-order valence-electron chi connectivity index (χ3n) is 3.30. The average molecular weight is 298 g/mol. The van der Waals surface area contributed by atoms with E-state index in [1.165, 1.54) is 11.3 Å². The van der Waals surface area contributed by atoms with Gasteiger partial charge in [-0.05, 0) is 27.7 Å². The molecular formula is C14H15BN4OS. The lowest BCUT2D eigenvalue weighted by atomic mass is 10.1. The maximum absolute atomic E-state index is 9.57. The molecule has 0 N–H and O–H groups in total. The summed E-state index contributed by atoms with van der Waals surface area (Å²) in [5.41, 5.74) is 2.64. The first-order valence-electron chi connectivity index (χ1n) is 6.36. The second-order valence-electron chi connectivity index (χ2n) is 4.73. The smallest absolute Gasteiger partial charge is 0.374 e. The molecule has 0 saturated heterocycles. The molecule has 0 spiro atoms. The Balaban J connectivity index is 2.77. The van der Waals surface area contributed by atoms with Crippen LogP contribution in [0.15, 0.2) is 0 Å². The van der Waals surface area contributed by atoms with Crippen molar-refractivity contribution >= 4 is 30.7 Å². The number of aromatic nitrogens is 3. The normalized spacial score (nSPS) is 12.0. The predicted molar refractivity (Wildman–Crippen MR) is 83.5 cm³/mol. The number of imidazole rings is 1. The van der Waals surface area contributed by atoms with Crippen LogP contribution in [-0.2, 0) is 11.7 Å². The molecule has 2 radical (unpaired) electrons. The van der Waals surface area contributed by atoms with Crippen molar-refractivity contribution in [2.24, 2.45) is 7.05 Å². The molecule has 2 heterocycles. The zero-order valence-electron chi connectivity index (χ0n) is 12.7. The Labute approximate surface area is 129 Å². The molecule has 0 aromatic carbocycles. The minimum absolute atomic E-state index is 0.324. The third-order valence-corrected chi connectivity index (χ3v) is 4.39. The minimum atomic E-state index is 0.324. The Bertz CT molecular complexity index is 767. The molecule has 7 heteroatoms. The van der Waals surface area contributed by atoms with E-state index < -0.39 is 0 Å². The van der Waals surface area contributed by atoms with Crippen molar-refractivity contribution in [3.63, 3.8) is 0 Å². The number of nitrogens with zero attached hydrogens (tertiary/aromatic N) is 4. The summed E-state index contributed by atoms with van der Waals surface area (Å²) in [6.45, 7) is 7.52. The van der Waals surface area contributed by atoms with Crippen LogP contribution in [0.4, 0.5) is 0 Å². The average Bonchev–Trinajstić information content (AvgIpc) is 2.88. The number of nitriles is 1. The summed E-state index contributed by atoms with van der Waals surface area (Å²) >= 11 is 1.45. The number of hydrogen-bond acceptors (Lipinski definition) is 5. The Morgan fingerprint density at radius 3 is 2.29 bits per heavy atom. The standard InChI is InChI=1S/C14H15BN4OS/c1-7-12(19(5)9(3)17-7)13(20-15)11(6-16)14-8(2)18-10(4)21-14/h1-5H3. The highest BCUT2D eigenvalue weighted by Crippen LogP contribution is 2.33. The Morgan fingerprint density at radius 2 is 1.90 bits per heavy atom. The van der Waals surface area contributed by atoms with Crippen LogP contribution in [0.2, 0.25) is 0 Å². The van der Waals surface area contributed by atoms with Crippen molar-refractivity contribution < 1.29 is 4.65 Å². The highest BCUT2D eigenvalue weighted by molar-refractivity contribution is 7.13. The first kappa shape index (κ1) is 15.3. The summed E-state index contributed by atoms with van der Waals surface area (Å²) in [5.74, 6) is 1.15. The van der Waals surface area contributed by atoms with E-state index in [-0.39, 0.29) is 0 Å². The van der Waals surface area contributed by atoms with E-state index in [4.69, 9.17) is 12.7 Å². The van der Waals surface area contributed by atoms with Gasteiger partial charge < -0.3 is 9.22 Å². The van der Waals surface area contributed by atoms with E-state index in [1.807, 2.05) is 39.3 Å². The van der Waals surface area contributed by atoms with E-state index in [0.717, 1.165) is 27.1 Å². The van der Waals surface area contributed by atoms with Gasteiger partial charge in [-0.25, -0.2) is 9.97 Å². The number of allylic oxidation sites excluding steroid dienone is 1. The number of rotatable bonds is 3. The van der Waals surface area contributed by atoms with Gasteiger partial charge in [0.2, 0.25) is 0 Å². The molecule has 0 fully saturated rings. The Kier molecular flexibility index (Phi) is 4.19. The molecule has 0 amide bonds. The summed E-state index contributed by atoms with van der Waals surface area (Å²) in [5, 5.41) is 10.5. The molecule has 2 rings (SSSR count). The molecular weight excluding hydrogens is 283 g/mol. The van der Waals surface area contributed by atoms with E-state index in [9.17, 15) is 5.26 Å². The van der Waals surface area contributed by atoms with Crippen molar-refractivity contribution in [3.8, 4) is 6.07 Å². The van der Waals surface area contributed by atoms with E-state index in [2.05, 4.69) is 16.0 Å². The summed E-state index contributed by atoms with van der Waals surface area (Å²) < 4.78 is 6.92. The molecule has 0 aliphatic rings. The van der Waals surface area contributed by atoms with Crippen LogP contribution >= 0.6 is 11.3 Å². The molecule has 0 aliphatic heterocycles. The molecule has 0 saturated carbocycles. The minimum Gasteiger partial charge on any atom is -0.565 e. The predicted octanol–water partition coefficient (Wildman–Crippen LogP) is 2.60. The van der Waals surface area contributed by atoms with Gasteiger partial charge in [-0.3, -0.25) is 0 Å². The van der Waals surface area contributed by atoms with Crippen LogP contribution in [0.3, 0.4) is 0 Å². The lowest BCUT2D eigenvalue weighted by Gasteiger charge is -2.12. The molecule has 2 aromatic rings. The monoisotopic (exact) mass is 298 g/mol. The van der Waals surface area contributed by atoms with Crippen LogP contribution in [0, 0.1) is 39.0 Å². The Hall–Kier alpha value is -2.07. The summed E-state index contributed by atoms with van der Waals surface area (Å²) in [6, 6.07) is 2.19. The maximum atomic E-state index is 9.57. The van der Waals surface area contributed by atoms with Crippen molar-refractivity contribution in [3.05, 3.63) is 32.8 Å². The lowest BCUT2D eigenvalue weighted by Crippen LogP contribution is -2.03. The molecule has 0 unspecified atom stereocenters. The van der Waals surface area contributed by atoms with Crippen molar-refractivity contribution in [2.45, 2.75) is 27.7 Å². The zero-order valence-corrected chi connectivity index (χ0v) is 13.5. The van der Waals surface area contributed by atoms with Gasteiger partial charge in [0.15, 0.2) is 0 Å². The van der Waals surface area contributed by atoms with E-state index >= 15 is 0 Å². The number of thiazole rings is 1. The second kappa shape index (κ2) is 5.74. The van der Waals surface area contributed by atoms with Crippen LogP contribution in [-0.4, -0.2) is 22.6 Å². The molecule has 106 valence electrons. The first-order chi connectivity index (χ1) is 9.90. The SMILES string of the molecule is [B]OC(=C(C#N)c1sc(C)nc1C)c1c(C)nc(C)n1C. The van der Waals surface area contributed by atoms with Crippen LogP contribution in [0.5, 0.6) is 0 Å². The van der Waals surface area contributed by atoms with Gasteiger partial charge in [0.05, 0.1) is 21.3 Å². The van der Waals surface area contributed by atoms with Crippen molar-refractivity contribution in [1.29, 1.82) is 5.26 Å². The highest BCUT2D eigenvalue weighted by atomic mass is 32.1. The maximum Gasteiger partial charge on any atom is 0.374 e. The lowest BCUT2D eigenvalue weighted by molar-refractivity contribution is 0.564. The molecule has 2 aromatic heterocycles. The van der Waals surface area contributed by atoms with Gasteiger partial charge in [-0.1, -0.05) is 0 Å². The van der Waals surface area contributed by atoms with Crippen LogP contribution in [0.1, 0.15) is 32.8 Å². The molecule has 5 nitrogen and oxygen atoms in total. The van der Waals surface area contributed by atoms with Crippen LogP contribution < -0.4 is 0 Å². The van der Waals surface area contributed by atoms with Crippen LogP contribution in [0.25, 0.3) is 11.3 Å². The molecule has 21 heavy (non-hydrogen) atoms. The summed E-state index contributed by atoms with van der Waals surface area (Å²) in [7, 11) is 7.32. The fourth-order valence-electron chi connectivity index (χ4n) is 2.29. The van der Waals surface area contributed by atoms with Gasteiger partial charge in [0.1, 0.15) is 28.9 Å². The number of aryl methyl sites for hydroxylation is 4. The largest absolute Gasteiger partial charge is 0.565 e. The molecule has 0 aliphatic carbocycles. The second-order valence-corrected chi connectivity index (χ2v) is 5.94. The van der Waals surface area contributed by atoms with Gasteiger partial charge >= 0.3 is 8.05 Å². The van der Waals surface area contributed by atoms with Gasteiger partial charge in [0.25, 0.3) is 0 Å². The summed E-state index contributed by atoms with van der Waals surface area (Å²) in [6.07, 6.45) is 0. The summed E-state index contributed by atoms with van der Waals surface area (Å²) in [4.78, 5) is 9.52. The van der Waals surface area contributed by atoms with Crippen molar-refractivity contribution in [2.75, 3.05) is 0 Å². The fourth-order valence-corrected chi connectivity index (χ4v) is 3.20. The zero-order chi connectivity index (χ0) is 15.7. The Morgan fingerprint density at radius 1 is 1.24 bits per heavy atom.